The van der Waals surface area contributed by atoms with Gasteiger partial charge in [0, 0.05) is 10.7 Å². The summed E-state index contributed by atoms with van der Waals surface area (Å²) in [6.45, 7) is 5.65. The Kier molecular flexibility index (Phi) is 7.51. The van der Waals surface area contributed by atoms with Crippen molar-refractivity contribution in [1.82, 2.24) is 0 Å². The van der Waals surface area contributed by atoms with E-state index in [1.807, 2.05) is 13.8 Å². The Morgan fingerprint density at radius 3 is 2.41 bits per heavy atom. The van der Waals surface area contributed by atoms with Crippen molar-refractivity contribution in [1.29, 1.82) is 0 Å². The van der Waals surface area contributed by atoms with Crippen molar-refractivity contribution in [2.45, 2.75) is 33.3 Å². The number of aryl methyl sites for hydroxylation is 1. The van der Waals surface area contributed by atoms with E-state index in [0.717, 1.165) is 5.56 Å². The van der Waals surface area contributed by atoms with Gasteiger partial charge in [-0.25, -0.2) is 4.79 Å². The van der Waals surface area contributed by atoms with Gasteiger partial charge in [-0.05, 0) is 62.2 Å². The molecule has 1 atom stereocenters. The zero-order valence-electron chi connectivity index (χ0n) is 15.3. The molecule has 2 aromatic rings. The van der Waals surface area contributed by atoms with Gasteiger partial charge in [-0.3, -0.25) is 4.79 Å². The molecule has 27 heavy (non-hydrogen) atoms. The zero-order chi connectivity index (χ0) is 20.0. The van der Waals surface area contributed by atoms with Gasteiger partial charge in [0.1, 0.15) is 5.75 Å². The van der Waals surface area contributed by atoms with Gasteiger partial charge in [-0.1, -0.05) is 30.1 Å². The summed E-state index contributed by atoms with van der Waals surface area (Å²) in [5.74, 6) is -0.317. The molecular formula is C20H21Cl2NO4. The number of ether oxygens (including phenoxy) is 2. The first-order chi connectivity index (χ1) is 12.8. The molecule has 0 heterocycles. The molecule has 0 saturated carbocycles. The van der Waals surface area contributed by atoms with Crippen molar-refractivity contribution in [3.8, 4) is 5.75 Å². The van der Waals surface area contributed by atoms with E-state index in [0.29, 0.717) is 22.9 Å². The minimum atomic E-state index is -0.702. The number of carbonyl (C=O) groups excluding carboxylic acids is 2. The van der Waals surface area contributed by atoms with Crippen LogP contribution in [0.15, 0.2) is 36.4 Å². The molecule has 0 unspecified atom stereocenters. The maximum Gasteiger partial charge on any atom is 0.339 e. The molecule has 0 aliphatic carbocycles. The summed E-state index contributed by atoms with van der Waals surface area (Å²) in [4.78, 5) is 24.5. The first kappa shape index (κ1) is 21.1. The molecule has 2 rings (SSSR count). The number of anilines is 1. The van der Waals surface area contributed by atoms with Crippen LogP contribution < -0.4 is 10.1 Å². The molecular weight excluding hydrogens is 389 g/mol. The topological polar surface area (TPSA) is 64.6 Å². The number of esters is 1. The van der Waals surface area contributed by atoms with Crippen LogP contribution in [-0.4, -0.2) is 24.6 Å². The molecule has 1 amide bonds. The van der Waals surface area contributed by atoms with Gasteiger partial charge >= 0.3 is 5.97 Å². The van der Waals surface area contributed by atoms with E-state index in [4.69, 9.17) is 32.7 Å². The molecule has 0 fully saturated rings. The van der Waals surface area contributed by atoms with E-state index >= 15 is 0 Å². The van der Waals surface area contributed by atoms with Gasteiger partial charge in [0.15, 0.2) is 6.10 Å². The number of halogens is 2. The number of nitrogens with one attached hydrogen (secondary N) is 1. The molecule has 7 heteroatoms. The van der Waals surface area contributed by atoms with Crippen molar-refractivity contribution in [3.63, 3.8) is 0 Å². The molecule has 0 bridgehead atoms. The van der Waals surface area contributed by atoms with Crippen molar-refractivity contribution in [2.24, 2.45) is 0 Å². The second kappa shape index (κ2) is 9.62. The molecule has 0 radical (unpaired) electrons. The number of benzene rings is 2. The molecule has 2 aromatic carbocycles. The molecule has 0 aliphatic heterocycles. The number of amides is 1. The van der Waals surface area contributed by atoms with Gasteiger partial charge in [-0.15, -0.1) is 0 Å². The smallest absolute Gasteiger partial charge is 0.339 e. The second-order valence-corrected chi connectivity index (χ2v) is 6.64. The van der Waals surface area contributed by atoms with Crippen molar-refractivity contribution in [3.05, 3.63) is 57.6 Å². The van der Waals surface area contributed by atoms with Crippen LogP contribution in [0.5, 0.6) is 5.75 Å². The molecule has 0 aliphatic rings. The molecule has 0 spiro atoms. The lowest BCUT2D eigenvalue weighted by Crippen LogP contribution is -2.32. The van der Waals surface area contributed by atoms with Crippen LogP contribution in [0.1, 0.15) is 36.2 Å². The highest BCUT2D eigenvalue weighted by atomic mass is 35.5. The van der Waals surface area contributed by atoms with Crippen LogP contribution in [0.4, 0.5) is 5.69 Å². The predicted molar refractivity (Wildman–Crippen MR) is 107 cm³/mol. The van der Waals surface area contributed by atoms with E-state index in [2.05, 4.69) is 5.32 Å². The summed E-state index contributed by atoms with van der Waals surface area (Å²) in [5.41, 5.74) is 1.49. The summed E-state index contributed by atoms with van der Waals surface area (Å²) >= 11 is 12.1. The molecule has 144 valence electrons. The lowest BCUT2D eigenvalue weighted by molar-refractivity contribution is -0.122. The molecule has 5 nitrogen and oxygen atoms in total. The third-order valence-corrected chi connectivity index (χ3v) is 4.55. The fraction of sp³-hybridized carbons (Fsp3) is 0.300. The van der Waals surface area contributed by atoms with Crippen molar-refractivity contribution >= 4 is 40.8 Å². The number of rotatable bonds is 7. The Morgan fingerprint density at radius 1 is 1.07 bits per heavy atom. The van der Waals surface area contributed by atoms with Crippen LogP contribution in [0, 0.1) is 6.92 Å². The van der Waals surface area contributed by atoms with Gasteiger partial charge in [-0.2, -0.15) is 0 Å². The van der Waals surface area contributed by atoms with Gasteiger partial charge in [0.25, 0.3) is 5.91 Å². The summed E-state index contributed by atoms with van der Waals surface area (Å²) in [7, 11) is 0. The molecule has 1 N–H and O–H groups in total. The second-order valence-electron chi connectivity index (χ2n) is 5.83. The Hall–Kier alpha value is -2.24. The third kappa shape index (κ3) is 5.62. The standard InChI is InChI=1S/C20H21Cl2NO4/c1-4-18(27-14-7-9-16(21)12(3)10-14)19(24)23-13-6-8-17(22)15(11-13)20(25)26-5-2/h6-11,18H,4-5H2,1-3H3,(H,23,24)/t18-/m1/s1. The summed E-state index contributed by atoms with van der Waals surface area (Å²) in [6.07, 6.45) is -0.237. The lowest BCUT2D eigenvalue weighted by Gasteiger charge is -2.18. The SMILES string of the molecule is CCOC(=O)c1cc(NC(=O)[C@@H](CC)Oc2ccc(Cl)c(C)c2)ccc1Cl. The van der Waals surface area contributed by atoms with E-state index in [9.17, 15) is 9.59 Å². The molecule has 0 saturated heterocycles. The summed E-state index contributed by atoms with van der Waals surface area (Å²) < 4.78 is 10.8. The fourth-order valence-corrected chi connectivity index (χ4v) is 2.68. The minimum Gasteiger partial charge on any atom is -0.481 e. The van der Waals surface area contributed by atoms with E-state index in [-0.39, 0.29) is 23.1 Å². The first-order valence-corrected chi connectivity index (χ1v) is 9.31. The Bertz CT molecular complexity index is 839. The number of hydrogen-bond donors (Lipinski definition) is 1. The van der Waals surface area contributed by atoms with E-state index in [1.54, 1.807) is 31.2 Å². The van der Waals surface area contributed by atoms with Gasteiger partial charge < -0.3 is 14.8 Å². The third-order valence-electron chi connectivity index (χ3n) is 3.80. The highest BCUT2D eigenvalue weighted by molar-refractivity contribution is 6.33. The lowest BCUT2D eigenvalue weighted by atomic mass is 10.2. The zero-order valence-corrected chi connectivity index (χ0v) is 16.9. The summed E-state index contributed by atoms with van der Waals surface area (Å²) in [6, 6.07) is 9.85. The first-order valence-electron chi connectivity index (χ1n) is 8.56. The highest BCUT2D eigenvalue weighted by Crippen LogP contribution is 2.24. The number of hydrogen-bond acceptors (Lipinski definition) is 4. The predicted octanol–water partition coefficient (Wildman–Crippen LogP) is 5.27. The number of carbonyl (C=O) groups is 2. The van der Waals surface area contributed by atoms with Crippen LogP contribution >= 0.6 is 23.2 Å². The quantitative estimate of drug-likeness (QED) is 0.632. The van der Waals surface area contributed by atoms with Crippen LogP contribution in [0.3, 0.4) is 0 Å². The van der Waals surface area contributed by atoms with E-state index in [1.165, 1.54) is 12.1 Å². The Balaban J connectivity index is 2.13. The van der Waals surface area contributed by atoms with Crippen LogP contribution in [0.2, 0.25) is 10.0 Å². The molecule has 0 aromatic heterocycles. The average Bonchev–Trinajstić information content (AvgIpc) is 2.64. The maximum atomic E-state index is 12.6. The minimum absolute atomic E-state index is 0.193. The van der Waals surface area contributed by atoms with Gasteiger partial charge in [0.05, 0.1) is 17.2 Å². The monoisotopic (exact) mass is 409 g/mol. The van der Waals surface area contributed by atoms with Crippen molar-refractivity contribution in [2.75, 3.05) is 11.9 Å². The summed E-state index contributed by atoms with van der Waals surface area (Å²) in [5, 5.41) is 3.64. The van der Waals surface area contributed by atoms with Crippen LogP contribution in [-0.2, 0) is 9.53 Å². The van der Waals surface area contributed by atoms with E-state index < -0.39 is 12.1 Å². The normalized spacial score (nSPS) is 11.6. The van der Waals surface area contributed by atoms with Crippen molar-refractivity contribution < 1.29 is 19.1 Å². The van der Waals surface area contributed by atoms with Gasteiger partial charge in [0.2, 0.25) is 0 Å². The van der Waals surface area contributed by atoms with Crippen LogP contribution in [0.25, 0.3) is 0 Å². The average molecular weight is 410 g/mol. The highest BCUT2D eigenvalue weighted by Gasteiger charge is 2.20. The Labute approximate surface area is 168 Å². The largest absolute Gasteiger partial charge is 0.481 e. The maximum absolute atomic E-state index is 12.6. The fourth-order valence-electron chi connectivity index (χ4n) is 2.37. The Morgan fingerprint density at radius 2 is 1.78 bits per heavy atom.